The van der Waals surface area contributed by atoms with E-state index in [-0.39, 0.29) is 31.1 Å². The summed E-state index contributed by atoms with van der Waals surface area (Å²) < 4.78 is 24.4. The molecule has 2 aliphatic rings. The van der Waals surface area contributed by atoms with Crippen molar-refractivity contribution in [1.29, 1.82) is 0 Å². The van der Waals surface area contributed by atoms with Gasteiger partial charge in [-0.05, 0) is 48.0 Å². The summed E-state index contributed by atoms with van der Waals surface area (Å²) in [6.07, 6.45) is 0.527. The minimum absolute atomic E-state index is 0.104. The van der Waals surface area contributed by atoms with Gasteiger partial charge >= 0.3 is 0 Å². The van der Waals surface area contributed by atoms with Crippen molar-refractivity contribution in [2.45, 2.75) is 19.0 Å². The van der Waals surface area contributed by atoms with Crippen LogP contribution in [0.15, 0.2) is 77.9 Å². The molecule has 0 bridgehead atoms. The van der Waals surface area contributed by atoms with Gasteiger partial charge in [0.25, 0.3) is 5.91 Å². The Hall–Kier alpha value is -3.71. The molecule has 6 nitrogen and oxygen atoms in total. The van der Waals surface area contributed by atoms with Crippen LogP contribution in [0.25, 0.3) is 0 Å². The molecule has 0 aliphatic carbocycles. The van der Waals surface area contributed by atoms with Gasteiger partial charge in [0.05, 0.1) is 18.3 Å². The molecule has 3 aromatic rings. The molecule has 0 unspecified atom stereocenters. The highest BCUT2D eigenvalue weighted by atomic mass is 19.1. The van der Waals surface area contributed by atoms with Gasteiger partial charge in [-0.3, -0.25) is 9.69 Å². The Balaban J connectivity index is 1.39. The van der Waals surface area contributed by atoms with Crippen molar-refractivity contribution in [2.24, 2.45) is 5.10 Å². The van der Waals surface area contributed by atoms with Crippen LogP contribution in [-0.2, 0) is 11.3 Å². The molecular formula is C26H24FN3O3. The van der Waals surface area contributed by atoms with Gasteiger partial charge in [-0.15, -0.1) is 0 Å². The maximum atomic E-state index is 13.4. The number of carbonyl (C=O) groups excluding carboxylic acids is 1. The number of rotatable bonds is 6. The zero-order valence-corrected chi connectivity index (χ0v) is 18.3. The van der Waals surface area contributed by atoms with Crippen LogP contribution in [0.3, 0.4) is 0 Å². The smallest absolute Gasteiger partial charge is 0.257 e. The molecule has 7 heteroatoms. The van der Waals surface area contributed by atoms with E-state index in [1.807, 2.05) is 60.5 Å². The third-order valence-corrected chi connectivity index (χ3v) is 5.83. The van der Waals surface area contributed by atoms with E-state index in [1.165, 1.54) is 12.1 Å². The Labute approximate surface area is 191 Å². The molecule has 0 saturated carbocycles. The van der Waals surface area contributed by atoms with E-state index in [1.54, 1.807) is 17.1 Å². The second kappa shape index (κ2) is 9.03. The molecule has 0 saturated heterocycles. The summed E-state index contributed by atoms with van der Waals surface area (Å²) >= 11 is 0. The summed E-state index contributed by atoms with van der Waals surface area (Å²) in [4.78, 5) is 15.3. The number of nitrogens with zero attached hydrogens (tertiary/aromatic N) is 3. The molecule has 2 heterocycles. The van der Waals surface area contributed by atoms with Gasteiger partial charge in [0.2, 0.25) is 6.79 Å². The molecule has 1 atom stereocenters. The Kier molecular flexibility index (Phi) is 5.79. The number of halogens is 1. The number of hydrogen-bond donors (Lipinski definition) is 0. The topological polar surface area (TPSA) is 54.4 Å². The van der Waals surface area contributed by atoms with Gasteiger partial charge in [0.1, 0.15) is 5.82 Å². The van der Waals surface area contributed by atoms with E-state index in [0.29, 0.717) is 24.5 Å². The second-order valence-corrected chi connectivity index (χ2v) is 8.28. The average Bonchev–Trinajstić information content (AvgIpc) is 3.47. The predicted octanol–water partition coefficient (Wildman–Crippen LogP) is 4.36. The molecule has 1 amide bonds. The van der Waals surface area contributed by atoms with Crippen LogP contribution in [0.5, 0.6) is 11.5 Å². The van der Waals surface area contributed by atoms with Crippen molar-refractivity contribution in [3.8, 4) is 11.5 Å². The first kappa shape index (κ1) is 21.2. The van der Waals surface area contributed by atoms with E-state index in [0.717, 1.165) is 22.4 Å². The van der Waals surface area contributed by atoms with Gasteiger partial charge in [-0.25, -0.2) is 9.40 Å². The molecule has 0 N–H and O–H groups in total. The van der Waals surface area contributed by atoms with Gasteiger partial charge < -0.3 is 9.47 Å². The minimum Gasteiger partial charge on any atom is -0.454 e. The van der Waals surface area contributed by atoms with Crippen LogP contribution in [0.2, 0.25) is 0 Å². The summed E-state index contributed by atoms with van der Waals surface area (Å²) in [6.45, 7) is 1.06. The lowest BCUT2D eigenvalue weighted by atomic mass is 9.98. The van der Waals surface area contributed by atoms with Crippen molar-refractivity contribution in [1.82, 2.24) is 9.91 Å². The fraction of sp³-hybridized carbons (Fsp3) is 0.231. The average molecular weight is 445 g/mol. The number of fused-ring (bicyclic) bond motifs is 1. The largest absolute Gasteiger partial charge is 0.454 e. The number of ether oxygens (including phenoxy) is 2. The van der Waals surface area contributed by atoms with Gasteiger partial charge in [-0.1, -0.05) is 48.5 Å². The lowest BCUT2D eigenvalue weighted by molar-refractivity contribution is -0.134. The Morgan fingerprint density at radius 2 is 1.82 bits per heavy atom. The normalized spacial score (nSPS) is 16.9. The molecule has 0 fully saturated rings. The Bertz CT molecular complexity index is 1180. The number of hydrazone groups is 1. The number of likely N-dealkylation sites (N-methyl/N-ethyl adjacent to an activating group) is 1. The molecule has 0 spiro atoms. The first-order valence-electron chi connectivity index (χ1n) is 10.8. The lowest BCUT2D eigenvalue weighted by Crippen LogP contribution is -2.36. The number of carbonyl (C=O) groups is 1. The van der Waals surface area contributed by atoms with Gasteiger partial charge in [0.15, 0.2) is 11.5 Å². The maximum Gasteiger partial charge on any atom is 0.257 e. The molecule has 3 aromatic carbocycles. The van der Waals surface area contributed by atoms with Crippen LogP contribution >= 0.6 is 0 Å². The summed E-state index contributed by atoms with van der Waals surface area (Å²) in [5, 5.41) is 6.23. The van der Waals surface area contributed by atoms with Crippen molar-refractivity contribution < 1.29 is 18.7 Å². The molecular weight excluding hydrogens is 421 g/mol. The summed E-state index contributed by atoms with van der Waals surface area (Å²) in [7, 11) is 1.92. The minimum atomic E-state index is -0.305. The lowest BCUT2D eigenvalue weighted by Gasteiger charge is -2.25. The standard InChI is InChI=1S/C26H24FN3O3/c1-29(15-18-5-3-2-4-6-18)16-26(31)30-23(20-9-12-24-25(13-20)33-17-32-24)14-22(28-30)19-7-10-21(27)11-8-19/h2-13,23H,14-17H2,1H3/t23-/m0/s1. The molecule has 0 radical (unpaired) electrons. The first-order chi connectivity index (χ1) is 16.1. The third kappa shape index (κ3) is 4.59. The third-order valence-electron chi connectivity index (χ3n) is 5.83. The van der Waals surface area contributed by atoms with Crippen LogP contribution in [0.1, 0.15) is 29.2 Å². The van der Waals surface area contributed by atoms with Crippen molar-refractivity contribution in [2.75, 3.05) is 20.4 Å². The number of benzene rings is 3. The molecule has 2 aliphatic heterocycles. The van der Waals surface area contributed by atoms with E-state index in [4.69, 9.17) is 9.47 Å². The zero-order chi connectivity index (χ0) is 22.8. The molecule has 5 rings (SSSR count). The molecule has 0 aromatic heterocycles. The highest BCUT2D eigenvalue weighted by Gasteiger charge is 2.34. The van der Waals surface area contributed by atoms with Gasteiger partial charge in [0, 0.05) is 13.0 Å². The van der Waals surface area contributed by atoms with E-state index in [9.17, 15) is 9.18 Å². The zero-order valence-electron chi connectivity index (χ0n) is 18.3. The number of hydrogen-bond acceptors (Lipinski definition) is 5. The SMILES string of the molecule is CN(CC(=O)N1N=C(c2ccc(F)cc2)C[C@H]1c1ccc2c(c1)OCO2)Cc1ccccc1. The van der Waals surface area contributed by atoms with Crippen LogP contribution in [0, 0.1) is 5.82 Å². The molecule has 168 valence electrons. The second-order valence-electron chi connectivity index (χ2n) is 8.28. The highest BCUT2D eigenvalue weighted by Crippen LogP contribution is 2.39. The van der Waals surface area contributed by atoms with Crippen molar-refractivity contribution >= 4 is 11.6 Å². The maximum absolute atomic E-state index is 13.4. The van der Waals surface area contributed by atoms with Crippen LogP contribution in [-0.4, -0.2) is 41.9 Å². The van der Waals surface area contributed by atoms with Crippen LogP contribution in [0.4, 0.5) is 4.39 Å². The first-order valence-corrected chi connectivity index (χ1v) is 10.8. The summed E-state index contributed by atoms with van der Waals surface area (Å²) in [5.41, 5.74) is 3.60. The summed E-state index contributed by atoms with van der Waals surface area (Å²) in [5.74, 6) is 0.946. The fourth-order valence-corrected chi connectivity index (χ4v) is 4.19. The summed E-state index contributed by atoms with van der Waals surface area (Å²) in [6, 6.07) is 21.7. The molecule has 33 heavy (non-hydrogen) atoms. The van der Waals surface area contributed by atoms with E-state index in [2.05, 4.69) is 5.10 Å². The van der Waals surface area contributed by atoms with E-state index >= 15 is 0 Å². The van der Waals surface area contributed by atoms with Crippen molar-refractivity contribution in [3.05, 3.63) is 95.3 Å². The highest BCUT2D eigenvalue weighted by molar-refractivity contribution is 6.03. The number of amides is 1. The van der Waals surface area contributed by atoms with E-state index < -0.39 is 0 Å². The quantitative estimate of drug-likeness (QED) is 0.566. The van der Waals surface area contributed by atoms with Crippen molar-refractivity contribution in [3.63, 3.8) is 0 Å². The fourth-order valence-electron chi connectivity index (χ4n) is 4.19. The van der Waals surface area contributed by atoms with Gasteiger partial charge in [-0.2, -0.15) is 5.10 Å². The monoisotopic (exact) mass is 445 g/mol. The predicted molar refractivity (Wildman–Crippen MR) is 122 cm³/mol. The van der Waals surface area contributed by atoms with Crippen LogP contribution < -0.4 is 9.47 Å². The Morgan fingerprint density at radius 3 is 2.61 bits per heavy atom. The Morgan fingerprint density at radius 1 is 1.06 bits per heavy atom.